The van der Waals surface area contributed by atoms with Crippen molar-refractivity contribution in [2.45, 2.75) is 25.4 Å². The molecule has 154 valence electrons. The molecule has 1 fully saturated rings. The van der Waals surface area contributed by atoms with Gasteiger partial charge in [-0.15, -0.1) is 5.54 Å². The Morgan fingerprint density at radius 3 is 2.43 bits per heavy atom. The van der Waals surface area contributed by atoms with Crippen LogP contribution in [0.1, 0.15) is 0 Å². The van der Waals surface area contributed by atoms with Crippen LogP contribution in [0.15, 0.2) is 24.4 Å². The molecule has 1 amide bonds. The molecule has 28 heavy (non-hydrogen) atoms. The fourth-order valence-corrected chi connectivity index (χ4v) is 4.81. The van der Waals surface area contributed by atoms with Crippen molar-refractivity contribution in [1.29, 1.82) is 0 Å². The number of hydroxylamine groups is 2. The monoisotopic (exact) mass is 426 g/mol. The van der Waals surface area contributed by atoms with Crippen LogP contribution >= 0.6 is 0 Å². The Labute approximate surface area is 166 Å². The maximum absolute atomic E-state index is 12.8. The van der Waals surface area contributed by atoms with Gasteiger partial charge in [0.15, 0.2) is 0 Å². The van der Waals surface area contributed by atoms with E-state index in [4.69, 9.17) is 0 Å². The van der Waals surface area contributed by atoms with Crippen molar-refractivity contribution in [3.63, 3.8) is 0 Å². The highest BCUT2D eigenvalue weighted by atomic mass is 32.2. The summed E-state index contributed by atoms with van der Waals surface area (Å²) in [7, 11) is -5.96. The normalized spacial score (nSPS) is 18.0. The molecule has 1 aliphatic heterocycles. The Morgan fingerprint density at radius 1 is 1.29 bits per heavy atom. The number of aromatic nitrogens is 1. The number of amides is 1. The molecule has 2 rings (SSSR count). The van der Waals surface area contributed by atoms with Crippen molar-refractivity contribution in [1.82, 2.24) is 14.4 Å². The van der Waals surface area contributed by atoms with Crippen molar-refractivity contribution in [3.05, 3.63) is 24.4 Å². The van der Waals surface area contributed by atoms with E-state index >= 15 is 0 Å². The fourth-order valence-electron chi connectivity index (χ4n) is 2.62. The molecule has 1 aliphatic rings. The Bertz CT molecular complexity index is 842. The van der Waals surface area contributed by atoms with E-state index in [1.165, 1.54) is 4.31 Å². The second-order valence-electron chi connectivity index (χ2n) is 7.60. The van der Waals surface area contributed by atoms with Gasteiger partial charge < -0.3 is 10.0 Å². The number of sulfonamides is 1. The van der Waals surface area contributed by atoms with Crippen LogP contribution < -0.4 is 4.90 Å². The van der Waals surface area contributed by atoms with E-state index in [1.54, 1.807) is 12.3 Å². The second-order valence-corrected chi connectivity index (χ2v) is 14.3. The predicted molar refractivity (Wildman–Crippen MR) is 108 cm³/mol. The van der Waals surface area contributed by atoms with Crippen molar-refractivity contribution >= 4 is 30.3 Å². The molecule has 0 aromatic carbocycles. The number of carbonyl (C=O) groups excluding carboxylic acids is 1. The van der Waals surface area contributed by atoms with Gasteiger partial charge in [-0.25, -0.2) is 13.4 Å². The van der Waals surface area contributed by atoms with Gasteiger partial charge in [-0.05, 0) is 18.1 Å². The maximum atomic E-state index is 12.8. The zero-order valence-corrected chi connectivity index (χ0v) is 18.1. The summed E-state index contributed by atoms with van der Waals surface area (Å²) in [5.74, 6) is 2.26. The van der Waals surface area contributed by atoms with Gasteiger partial charge in [-0.3, -0.25) is 10.0 Å². The van der Waals surface area contributed by atoms with E-state index in [9.17, 15) is 23.5 Å². The minimum atomic E-state index is -3.98. The van der Waals surface area contributed by atoms with Gasteiger partial charge in [0, 0.05) is 32.4 Å². The average Bonchev–Trinajstić information content (AvgIpc) is 2.65. The number of aliphatic hydroxyl groups is 1. The SMILES string of the molecule is C[Si](C)(C)C#CC(O)(CS(=O)(=O)N1CCN(c2ccccn2)CC1)N(O)C=O. The van der Waals surface area contributed by atoms with Gasteiger partial charge >= 0.3 is 0 Å². The van der Waals surface area contributed by atoms with Gasteiger partial charge in [-0.2, -0.15) is 9.37 Å². The van der Waals surface area contributed by atoms with Crippen LogP contribution in [-0.4, -0.2) is 85.2 Å². The molecule has 1 saturated heterocycles. The van der Waals surface area contributed by atoms with Gasteiger partial charge in [0.1, 0.15) is 19.6 Å². The van der Waals surface area contributed by atoms with Crippen LogP contribution in [0.2, 0.25) is 19.6 Å². The average molecular weight is 427 g/mol. The van der Waals surface area contributed by atoms with E-state index in [2.05, 4.69) is 16.4 Å². The first-order valence-electron chi connectivity index (χ1n) is 8.81. The van der Waals surface area contributed by atoms with E-state index in [0.717, 1.165) is 5.82 Å². The summed E-state index contributed by atoms with van der Waals surface area (Å²) in [6.45, 7) is 6.96. The van der Waals surface area contributed by atoms with Crippen molar-refractivity contribution in [3.8, 4) is 11.5 Å². The topological polar surface area (TPSA) is 114 Å². The van der Waals surface area contributed by atoms with Gasteiger partial charge in [0.2, 0.25) is 22.2 Å². The minimum absolute atomic E-state index is 0.0482. The molecular formula is C17H26N4O5SSi. The standard InChI is InChI=1S/C17H26N4O5SSi/c1-28(2,3)13-7-17(23,21(24)15-22)14-27(25,26)20-11-9-19(10-12-20)16-6-4-5-8-18-16/h4-6,8,15,23-24H,9-12,14H2,1-3H3. The van der Waals surface area contributed by atoms with Crippen LogP contribution in [-0.2, 0) is 14.8 Å². The summed E-state index contributed by atoms with van der Waals surface area (Å²) in [4.78, 5) is 17.2. The van der Waals surface area contributed by atoms with Crippen LogP contribution in [0, 0.1) is 11.5 Å². The lowest BCUT2D eigenvalue weighted by Crippen LogP contribution is -2.56. The van der Waals surface area contributed by atoms with Crippen molar-refractivity contribution in [2.24, 2.45) is 0 Å². The summed E-state index contributed by atoms with van der Waals surface area (Å²) in [6.07, 6.45) is 1.62. The molecule has 2 N–H and O–H groups in total. The fraction of sp³-hybridized carbons (Fsp3) is 0.529. The third-order valence-corrected chi connectivity index (χ3v) is 6.90. The number of anilines is 1. The molecule has 1 unspecified atom stereocenters. The molecule has 0 aliphatic carbocycles. The third-order valence-electron chi connectivity index (χ3n) is 4.11. The summed E-state index contributed by atoms with van der Waals surface area (Å²) in [5.41, 5.74) is 0.310. The number of hydrogen-bond acceptors (Lipinski definition) is 7. The number of rotatable bonds is 6. The smallest absolute Gasteiger partial charge is 0.243 e. The van der Waals surface area contributed by atoms with E-state index in [-0.39, 0.29) is 24.6 Å². The number of carbonyl (C=O) groups is 1. The Balaban J connectivity index is 2.14. The number of pyridine rings is 1. The highest BCUT2D eigenvalue weighted by Crippen LogP contribution is 2.19. The van der Waals surface area contributed by atoms with E-state index < -0.39 is 29.6 Å². The largest absolute Gasteiger partial charge is 0.358 e. The van der Waals surface area contributed by atoms with Crippen LogP contribution in [0.5, 0.6) is 0 Å². The van der Waals surface area contributed by atoms with Crippen LogP contribution in [0.3, 0.4) is 0 Å². The maximum Gasteiger partial charge on any atom is 0.243 e. The van der Waals surface area contributed by atoms with Crippen LogP contribution in [0.4, 0.5) is 5.82 Å². The molecule has 1 aromatic heterocycles. The second kappa shape index (κ2) is 8.58. The molecule has 9 nitrogen and oxygen atoms in total. The minimum Gasteiger partial charge on any atom is -0.358 e. The lowest BCUT2D eigenvalue weighted by molar-refractivity contribution is -0.210. The van der Waals surface area contributed by atoms with Gasteiger partial charge in [0.25, 0.3) is 0 Å². The molecule has 0 bridgehead atoms. The lowest BCUT2D eigenvalue weighted by atomic mass is 10.3. The number of piperazine rings is 1. The summed E-state index contributed by atoms with van der Waals surface area (Å²) in [6, 6.07) is 5.51. The molecular weight excluding hydrogens is 400 g/mol. The highest BCUT2D eigenvalue weighted by Gasteiger charge is 2.41. The highest BCUT2D eigenvalue weighted by molar-refractivity contribution is 7.89. The Hall–Kier alpha value is -1.97. The first-order valence-corrected chi connectivity index (χ1v) is 13.9. The summed E-state index contributed by atoms with van der Waals surface area (Å²) in [5, 5.41) is 20.3. The molecule has 0 radical (unpaired) electrons. The zero-order chi connectivity index (χ0) is 21.0. The predicted octanol–water partition coefficient (Wildman–Crippen LogP) is -0.0496. The molecule has 0 spiro atoms. The van der Waals surface area contributed by atoms with Crippen molar-refractivity contribution in [2.75, 3.05) is 36.8 Å². The third kappa shape index (κ3) is 5.76. The van der Waals surface area contributed by atoms with Gasteiger partial charge in [0.05, 0.1) is 0 Å². The molecule has 1 atom stereocenters. The summed E-state index contributed by atoms with van der Waals surface area (Å²) >= 11 is 0. The molecule has 11 heteroatoms. The van der Waals surface area contributed by atoms with Gasteiger partial charge in [-0.1, -0.05) is 25.7 Å². The quantitative estimate of drug-likeness (QED) is 0.164. The number of nitrogens with zero attached hydrogens (tertiary/aromatic N) is 4. The summed E-state index contributed by atoms with van der Waals surface area (Å²) < 4.78 is 26.9. The first-order chi connectivity index (χ1) is 13.0. The molecule has 2 heterocycles. The lowest BCUT2D eigenvalue weighted by Gasteiger charge is -2.36. The van der Waals surface area contributed by atoms with E-state index in [0.29, 0.717) is 13.1 Å². The van der Waals surface area contributed by atoms with Crippen LogP contribution in [0.25, 0.3) is 0 Å². The molecule has 0 saturated carbocycles. The number of hydrogen-bond donors (Lipinski definition) is 2. The Kier molecular flexibility index (Phi) is 6.84. The first kappa shape index (κ1) is 22.3. The molecule has 1 aromatic rings. The Morgan fingerprint density at radius 2 is 1.93 bits per heavy atom. The van der Waals surface area contributed by atoms with E-state index in [1.807, 2.05) is 36.7 Å². The van der Waals surface area contributed by atoms with Crippen molar-refractivity contribution < 1.29 is 23.5 Å². The zero-order valence-electron chi connectivity index (χ0n) is 16.2.